The number of nitro groups is 1. The van der Waals surface area contributed by atoms with Gasteiger partial charge in [-0.25, -0.2) is 0 Å². The Hall–Kier alpha value is -2.44. The van der Waals surface area contributed by atoms with Gasteiger partial charge in [-0.2, -0.15) is 0 Å². The average molecular weight is 345 g/mol. The lowest BCUT2D eigenvalue weighted by atomic mass is 9.82. The topological polar surface area (TPSA) is 92.6 Å². The van der Waals surface area contributed by atoms with Crippen LogP contribution in [0.15, 0.2) is 24.3 Å². The highest BCUT2D eigenvalue weighted by molar-refractivity contribution is 5.85. The molecule has 0 unspecified atom stereocenters. The van der Waals surface area contributed by atoms with Crippen molar-refractivity contribution in [3.63, 3.8) is 0 Å². The van der Waals surface area contributed by atoms with Crippen LogP contribution in [0.4, 0.5) is 11.4 Å². The number of anilines is 1. The largest absolute Gasteiger partial charge is 0.371 e. The van der Waals surface area contributed by atoms with Crippen LogP contribution < -0.4 is 5.32 Å². The van der Waals surface area contributed by atoms with E-state index in [4.69, 9.17) is 0 Å². The highest BCUT2D eigenvalue weighted by Gasteiger charge is 2.38. The number of para-hydroxylation sites is 2. The molecule has 134 valence electrons. The summed E-state index contributed by atoms with van der Waals surface area (Å²) in [6, 6.07) is 6.28. The van der Waals surface area contributed by atoms with E-state index in [9.17, 15) is 19.7 Å². The summed E-state index contributed by atoms with van der Waals surface area (Å²) in [5, 5.41) is 13.9. The van der Waals surface area contributed by atoms with Gasteiger partial charge in [-0.15, -0.1) is 0 Å². The molecular formula is C18H23N3O4. The van der Waals surface area contributed by atoms with Gasteiger partial charge in [-0.1, -0.05) is 18.6 Å². The molecule has 0 radical (unpaired) electrons. The Morgan fingerprint density at radius 1 is 1.24 bits per heavy atom. The van der Waals surface area contributed by atoms with Crippen molar-refractivity contribution >= 4 is 23.1 Å². The van der Waals surface area contributed by atoms with Crippen LogP contribution >= 0.6 is 0 Å². The van der Waals surface area contributed by atoms with Crippen molar-refractivity contribution in [2.75, 3.05) is 18.4 Å². The third-order valence-corrected chi connectivity index (χ3v) is 5.22. The molecule has 3 rings (SSSR count). The zero-order valence-corrected chi connectivity index (χ0v) is 14.1. The van der Waals surface area contributed by atoms with E-state index < -0.39 is 4.92 Å². The normalized spacial score (nSPS) is 23.5. The lowest BCUT2D eigenvalue weighted by molar-refractivity contribution is -0.383. The molecule has 1 aliphatic heterocycles. The smallest absolute Gasteiger partial charge is 0.292 e. The fourth-order valence-electron chi connectivity index (χ4n) is 3.99. The summed E-state index contributed by atoms with van der Waals surface area (Å²) in [4.78, 5) is 37.2. The lowest BCUT2D eigenvalue weighted by Gasteiger charge is -2.33. The van der Waals surface area contributed by atoms with E-state index in [1.807, 2.05) is 0 Å². The Morgan fingerprint density at radius 2 is 2.04 bits per heavy atom. The van der Waals surface area contributed by atoms with Gasteiger partial charge in [-0.3, -0.25) is 19.7 Å². The quantitative estimate of drug-likeness (QED) is 0.654. The maximum absolute atomic E-state index is 12.6. The Morgan fingerprint density at radius 3 is 2.80 bits per heavy atom. The van der Waals surface area contributed by atoms with Gasteiger partial charge in [0.1, 0.15) is 11.5 Å². The van der Waals surface area contributed by atoms with E-state index in [2.05, 4.69) is 5.32 Å². The Bertz CT molecular complexity index is 676. The maximum Gasteiger partial charge on any atom is 0.292 e. The number of benzene rings is 1. The summed E-state index contributed by atoms with van der Waals surface area (Å²) in [5.74, 6) is 0.146. The van der Waals surface area contributed by atoms with E-state index in [1.165, 1.54) is 6.07 Å². The molecule has 1 heterocycles. The Balaban J connectivity index is 1.64. The summed E-state index contributed by atoms with van der Waals surface area (Å²) in [6.07, 6.45) is 5.26. The molecule has 1 saturated carbocycles. The molecule has 0 aromatic heterocycles. The number of hydrogen-bond acceptors (Lipinski definition) is 5. The Kier molecular flexibility index (Phi) is 5.31. The van der Waals surface area contributed by atoms with Gasteiger partial charge in [-0.05, 0) is 31.7 Å². The van der Waals surface area contributed by atoms with Crippen LogP contribution in [0.2, 0.25) is 0 Å². The number of likely N-dealkylation sites (tertiary alicyclic amines) is 1. The van der Waals surface area contributed by atoms with E-state index in [0.29, 0.717) is 18.7 Å². The molecule has 2 fully saturated rings. The fraction of sp³-hybridized carbons (Fsp3) is 0.556. The maximum atomic E-state index is 12.6. The molecule has 0 spiro atoms. The average Bonchev–Trinajstić information content (AvgIpc) is 3.09. The van der Waals surface area contributed by atoms with Crippen molar-refractivity contribution in [2.45, 2.75) is 44.6 Å². The molecule has 1 saturated heterocycles. The first-order valence-electron chi connectivity index (χ1n) is 8.87. The first-order chi connectivity index (χ1) is 12.1. The van der Waals surface area contributed by atoms with Crippen molar-refractivity contribution in [3.05, 3.63) is 34.4 Å². The molecule has 25 heavy (non-hydrogen) atoms. The Labute approximate surface area is 146 Å². The SMILES string of the molecule is O=C1CCCC[C@@H]1[C@@H]1CCCN1C(=O)CNc1ccccc1[N+](=O)[O-]. The first kappa shape index (κ1) is 17.4. The summed E-state index contributed by atoms with van der Waals surface area (Å²) in [6.45, 7) is 0.661. The van der Waals surface area contributed by atoms with Crippen LogP contribution in [0.1, 0.15) is 38.5 Å². The number of nitrogens with one attached hydrogen (secondary N) is 1. The predicted molar refractivity (Wildman–Crippen MR) is 93.3 cm³/mol. The number of carbonyl (C=O) groups excluding carboxylic acids is 2. The number of ketones is 1. The summed E-state index contributed by atoms with van der Waals surface area (Å²) < 4.78 is 0. The second-order valence-corrected chi connectivity index (χ2v) is 6.74. The van der Waals surface area contributed by atoms with Crippen LogP contribution in [0.5, 0.6) is 0 Å². The highest BCUT2D eigenvalue weighted by Crippen LogP contribution is 2.32. The summed E-state index contributed by atoms with van der Waals surface area (Å²) >= 11 is 0. The third kappa shape index (κ3) is 3.81. The van der Waals surface area contributed by atoms with Gasteiger partial charge in [0.25, 0.3) is 5.69 Å². The number of nitro benzene ring substituents is 1. The summed E-state index contributed by atoms with van der Waals surface area (Å²) in [7, 11) is 0. The number of nitrogens with zero attached hydrogens (tertiary/aromatic N) is 2. The van der Waals surface area contributed by atoms with Crippen molar-refractivity contribution in [2.24, 2.45) is 5.92 Å². The van der Waals surface area contributed by atoms with Gasteiger partial charge in [0.05, 0.1) is 11.5 Å². The van der Waals surface area contributed by atoms with E-state index in [-0.39, 0.29) is 35.9 Å². The number of carbonyl (C=O) groups is 2. The van der Waals surface area contributed by atoms with Gasteiger partial charge >= 0.3 is 0 Å². The molecule has 2 aliphatic rings. The minimum atomic E-state index is -0.466. The number of hydrogen-bond donors (Lipinski definition) is 1. The molecule has 2 atom stereocenters. The van der Waals surface area contributed by atoms with Crippen molar-refractivity contribution < 1.29 is 14.5 Å². The highest BCUT2D eigenvalue weighted by atomic mass is 16.6. The zero-order chi connectivity index (χ0) is 17.8. The standard InChI is InChI=1S/C18H23N3O4/c22-17-10-4-1-6-13(17)15-9-5-11-20(15)18(23)12-19-14-7-2-3-8-16(14)21(24)25/h2-3,7-8,13,15,19H,1,4-6,9-12H2/t13-,15+/m1/s1. The number of amides is 1. The number of rotatable bonds is 5. The molecule has 1 aliphatic carbocycles. The van der Waals surface area contributed by atoms with Crippen molar-refractivity contribution in [1.82, 2.24) is 4.90 Å². The monoisotopic (exact) mass is 345 g/mol. The minimum absolute atomic E-state index is 0.00225. The lowest BCUT2D eigenvalue weighted by Crippen LogP contribution is -2.45. The van der Waals surface area contributed by atoms with Gasteiger partial charge in [0, 0.05) is 31.0 Å². The second-order valence-electron chi connectivity index (χ2n) is 6.74. The van der Waals surface area contributed by atoms with Crippen LogP contribution in [0.25, 0.3) is 0 Å². The molecule has 1 aromatic carbocycles. The van der Waals surface area contributed by atoms with Crippen molar-refractivity contribution in [3.8, 4) is 0 Å². The van der Waals surface area contributed by atoms with Crippen molar-refractivity contribution in [1.29, 1.82) is 0 Å². The van der Waals surface area contributed by atoms with Crippen LogP contribution in [-0.2, 0) is 9.59 Å². The van der Waals surface area contributed by atoms with E-state index in [0.717, 1.165) is 32.1 Å². The molecule has 0 bridgehead atoms. The fourth-order valence-corrected chi connectivity index (χ4v) is 3.99. The van der Waals surface area contributed by atoms with Crippen LogP contribution in [-0.4, -0.2) is 40.6 Å². The minimum Gasteiger partial charge on any atom is -0.371 e. The molecule has 1 aromatic rings. The van der Waals surface area contributed by atoms with Gasteiger partial charge < -0.3 is 10.2 Å². The molecule has 7 heteroatoms. The second kappa shape index (κ2) is 7.63. The van der Waals surface area contributed by atoms with E-state index in [1.54, 1.807) is 23.1 Å². The zero-order valence-electron chi connectivity index (χ0n) is 14.1. The van der Waals surface area contributed by atoms with Gasteiger partial charge in [0.15, 0.2) is 0 Å². The third-order valence-electron chi connectivity index (χ3n) is 5.22. The first-order valence-corrected chi connectivity index (χ1v) is 8.87. The number of Topliss-reactive ketones (excluding diaryl/α,β-unsaturated/α-hetero) is 1. The molecule has 7 nitrogen and oxygen atoms in total. The molecule has 1 N–H and O–H groups in total. The van der Waals surface area contributed by atoms with Gasteiger partial charge in [0.2, 0.25) is 5.91 Å². The van der Waals surface area contributed by atoms with Crippen LogP contribution in [0, 0.1) is 16.0 Å². The molecule has 1 amide bonds. The van der Waals surface area contributed by atoms with Crippen LogP contribution in [0.3, 0.4) is 0 Å². The van der Waals surface area contributed by atoms with E-state index >= 15 is 0 Å². The molecular weight excluding hydrogens is 322 g/mol. The summed E-state index contributed by atoms with van der Waals surface area (Å²) in [5.41, 5.74) is 0.293. The predicted octanol–water partition coefficient (Wildman–Crippen LogP) is 2.76.